The first-order valence-corrected chi connectivity index (χ1v) is 8.46. The second-order valence-electron chi connectivity index (χ2n) is 5.01. The second-order valence-corrected chi connectivity index (χ2v) is 6.04. The topological polar surface area (TPSA) is 65.5 Å². The zero-order chi connectivity index (χ0) is 16.5. The van der Waals surface area contributed by atoms with Gasteiger partial charge in [-0.2, -0.15) is 0 Å². The summed E-state index contributed by atoms with van der Waals surface area (Å²) in [5.74, 6) is 0.711. The van der Waals surface area contributed by atoms with Crippen molar-refractivity contribution in [1.82, 2.24) is 10.6 Å². The minimum atomic E-state index is -0.0726. The summed E-state index contributed by atoms with van der Waals surface area (Å²) in [5.41, 5.74) is 1.84. The summed E-state index contributed by atoms with van der Waals surface area (Å²) < 4.78 is 0. The molecule has 0 aliphatic heterocycles. The van der Waals surface area contributed by atoms with Gasteiger partial charge in [-0.15, -0.1) is 35.3 Å². The van der Waals surface area contributed by atoms with Crippen LogP contribution in [0.3, 0.4) is 0 Å². The molecule has 7 heteroatoms. The molecule has 1 aromatic carbocycles. The SMILES string of the molecule is CCNC(=NCc1cccc(NC(C)=O)c1)NCc1cccs1.I. The summed E-state index contributed by atoms with van der Waals surface area (Å²) in [5, 5.41) is 11.4. The third-order valence-electron chi connectivity index (χ3n) is 3.02. The van der Waals surface area contributed by atoms with E-state index in [0.717, 1.165) is 30.3 Å². The molecule has 2 rings (SSSR count). The van der Waals surface area contributed by atoms with E-state index in [0.29, 0.717) is 6.54 Å². The molecule has 0 aliphatic carbocycles. The number of amides is 1. The summed E-state index contributed by atoms with van der Waals surface area (Å²) >= 11 is 1.72. The van der Waals surface area contributed by atoms with E-state index in [1.165, 1.54) is 11.8 Å². The van der Waals surface area contributed by atoms with Crippen molar-refractivity contribution >= 4 is 52.9 Å². The van der Waals surface area contributed by atoms with Crippen LogP contribution in [0.4, 0.5) is 5.69 Å². The fourth-order valence-corrected chi connectivity index (χ4v) is 2.69. The van der Waals surface area contributed by atoms with Gasteiger partial charge in [0.05, 0.1) is 13.1 Å². The van der Waals surface area contributed by atoms with Gasteiger partial charge in [0, 0.05) is 24.0 Å². The van der Waals surface area contributed by atoms with Crippen molar-refractivity contribution in [3.8, 4) is 0 Å². The van der Waals surface area contributed by atoms with E-state index in [1.807, 2.05) is 37.3 Å². The standard InChI is InChI=1S/C17H22N4OS.HI/c1-3-18-17(20-12-16-8-5-9-23-16)19-11-14-6-4-7-15(10-14)21-13(2)22;/h4-10H,3,11-12H2,1-2H3,(H,21,22)(H2,18,19,20);1H. The maximum absolute atomic E-state index is 11.1. The first kappa shape index (κ1) is 20.4. The minimum absolute atomic E-state index is 0. The molecule has 1 aromatic heterocycles. The van der Waals surface area contributed by atoms with Crippen molar-refractivity contribution in [2.45, 2.75) is 26.9 Å². The van der Waals surface area contributed by atoms with Crippen molar-refractivity contribution in [2.24, 2.45) is 4.99 Å². The zero-order valence-electron chi connectivity index (χ0n) is 13.8. The Morgan fingerprint density at radius 2 is 2.04 bits per heavy atom. The molecule has 24 heavy (non-hydrogen) atoms. The highest BCUT2D eigenvalue weighted by atomic mass is 127. The average molecular weight is 458 g/mol. The number of carbonyl (C=O) groups is 1. The number of guanidine groups is 1. The number of thiophene rings is 1. The summed E-state index contributed by atoms with van der Waals surface area (Å²) in [6.07, 6.45) is 0. The van der Waals surface area contributed by atoms with E-state index in [1.54, 1.807) is 11.3 Å². The Morgan fingerprint density at radius 3 is 2.71 bits per heavy atom. The fraction of sp³-hybridized carbons (Fsp3) is 0.294. The van der Waals surface area contributed by atoms with Crippen molar-refractivity contribution in [1.29, 1.82) is 0 Å². The number of nitrogens with one attached hydrogen (secondary N) is 3. The van der Waals surface area contributed by atoms with E-state index in [-0.39, 0.29) is 29.9 Å². The third-order valence-corrected chi connectivity index (χ3v) is 3.90. The highest BCUT2D eigenvalue weighted by Gasteiger charge is 2.01. The van der Waals surface area contributed by atoms with Crippen LogP contribution in [-0.4, -0.2) is 18.4 Å². The number of hydrogen-bond acceptors (Lipinski definition) is 3. The summed E-state index contributed by atoms with van der Waals surface area (Å²) in [6, 6.07) is 11.9. The van der Waals surface area contributed by atoms with Gasteiger partial charge in [0.15, 0.2) is 5.96 Å². The van der Waals surface area contributed by atoms with Crippen LogP contribution in [0, 0.1) is 0 Å². The van der Waals surface area contributed by atoms with Crippen LogP contribution in [-0.2, 0) is 17.9 Å². The number of halogens is 1. The molecule has 130 valence electrons. The van der Waals surface area contributed by atoms with Crippen LogP contribution in [0.15, 0.2) is 46.8 Å². The van der Waals surface area contributed by atoms with Gasteiger partial charge in [-0.25, -0.2) is 4.99 Å². The lowest BCUT2D eigenvalue weighted by atomic mass is 10.2. The highest BCUT2D eigenvalue weighted by molar-refractivity contribution is 14.0. The smallest absolute Gasteiger partial charge is 0.221 e. The maximum Gasteiger partial charge on any atom is 0.221 e. The van der Waals surface area contributed by atoms with Crippen LogP contribution in [0.25, 0.3) is 0 Å². The Labute approximate surface area is 164 Å². The Balaban J connectivity index is 0.00000288. The van der Waals surface area contributed by atoms with Crippen LogP contribution >= 0.6 is 35.3 Å². The van der Waals surface area contributed by atoms with Crippen LogP contribution in [0.5, 0.6) is 0 Å². The van der Waals surface area contributed by atoms with Crippen molar-refractivity contribution in [3.63, 3.8) is 0 Å². The van der Waals surface area contributed by atoms with E-state index in [9.17, 15) is 4.79 Å². The van der Waals surface area contributed by atoms with Gasteiger partial charge in [-0.3, -0.25) is 4.79 Å². The van der Waals surface area contributed by atoms with Gasteiger partial charge >= 0.3 is 0 Å². The summed E-state index contributed by atoms with van der Waals surface area (Å²) in [4.78, 5) is 17.0. The number of rotatable bonds is 6. The number of aliphatic imine (C=N–C) groups is 1. The number of benzene rings is 1. The van der Waals surface area contributed by atoms with Gasteiger partial charge in [-0.1, -0.05) is 18.2 Å². The normalized spacial score (nSPS) is 10.7. The maximum atomic E-state index is 11.1. The molecule has 0 aliphatic rings. The Kier molecular flexibility index (Phi) is 9.39. The Morgan fingerprint density at radius 1 is 1.21 bits per heavy atom. The second kappa shape index (κ2) is 11.0. The fourth-order valence-electron chi connectivity index (χ4n) is 2.05. The van der Waals surface area contributed by atoms with Crippen molar-refractivity contribution < 1.29 is 4.79 Å². The molecule has 0 saturated heterocycles. The molecule has 0 spiro atoms. The lowest BCUT2D eigenvalue weighted by Crippen LogP contribution is -2.36. The number of carbonyl (C=O) groups excluding carboxylic acids is 1. The van der Waals surface area contributed by atoms with Gasteiger partial charge < -0.3 is 16.0 Å². The highest BCUT2D eigenvalue weighted by Crippen LogP contribution is 2.11. The Hall–Kier alpha value is -1.61. The first-order valence-electron chi connectivity index (χ1n) is 7.58. The Bertz CT molecular complexity index is 658. The molecule has 0 unspecified atom stereocenters. The van der Waals surface area contributed by atoms with Gasteiger partial charge in [0.2, 0.25) is 5.91 Å². The lowest BCUT2D eigenvalue weighted by Gasteiger charge is -2.11. The molecule has 5 nitrogen and oxygen atoms in total. The van der Waals surface area contributed by atoms with Crippen LogP contribution in [0.1, 0.15) is 24.3 Å². The molecule has 0 radical (unpaired) electrons. The van der Waals surface area contributed by atoms with E-state index < -0.39 is 0 Å². The predicted molar refractivity (Wildman–Crippen MR) is 112 cm³/mol. The van der Waals surface area contributed by atoms with Crippen LogP contribution in [0.2, 0.25) is 0 Å². The minimum Gasteiger partial charge on any atom is -0.357 e. The van der Waals surface area contributed by atoms with Gasteiger partial charge in [0.25, 0.3) is 0 Å². The van der Waals surface area contributed by atoms with Gasteiger partial charge in [0.1, 0.15) is 0 Å². The molecule has 3 N–H and O–H groups in total. The molecular weight excluding hydrogens is 435 g/mol. The largest absolute Gasteiger partial charge is 0.357 e. The van der Waals surface area contributed by atoms with Crippen LogP contribution < -0.4 is 16.0 Å². The number of nitrogens with zero attached hydrogens (tertiary/aromatic N) is 1. The predicted octanol–water partition coefficient (Wildman–Crippen LogP) is 3.58. The number of anilines is 1. The van der Waals surface area contributed by atoms with E-state index in [4.69, 9.17) is 0 Å². The number of hydrogen-bond donors (Lipinski definition) is 3. The molecular formula is C17H23IN4OS. The average Bonchev–Trinajstić information content (AvgIpc) is 3.03. The molecule has 0 bridgehead atoms. The van der Waals surface area contributed by atoms with Crippen molar-refractivity contribution in [2.75, 3.05) is 11.9 Å². The zero-order valence-corrected chi connectivity index (χ0v) is 17.0. The molecule has 0 fully saturated rings. The summed E-state index contributed by atoms with van der Waals surface area (Å²) in [6.45, 7) is 5.66. The van der Waals surface area contributed by atoms with E-state index >= 15 is 0 Å². The molecule has 0 atom stereocenters. The molecule has 2 aromatic rings. The third kappa shape index (κ3) is 7.31. The van der Waals surface area contributed by atoms with E-state index in [2.05, 4.69) is 32.4 Å². The monoisotopic (exact) mass is 458 g/mol. The summed E-state index contributed by atoms with van der Waals surface area (Å²) in [7, 11) is 0. The quantitative estimate of drug-likeness (QED) is 0.352. The first-order chi connectivity index (χ1) is 11.2. The molecule has 1 heterocycles. The van der Waals surface area contributed by atoms with Crippen molar-refractivity contribution in [3.05, 3.63) is 52.2 Å². The lowest BCUT2D eigenvalue weighted by molar-refractivity contribution is -0.114. The molecule has 1 amide bonds. The van der Waals surface area contributed by atoms with Gasteiger partial charge in [-0.05, 0) is 36.1 Å². The molecule has 0 saturated carbocycles.